The lowest BCUT2D eigenvalue weighted by molar-refractivity contribution is -0.117. The fourth-order valence-electron chi connectivity index (χ4n) is 3.45. The second-order valence-corrected chi connectivity index (χ2v) is 7.48. The predicted molar refractivity (Wildman–Crippen MR) is 134 cm³/mol. The molecule has 1 aliphatic rings. The van der Waals surface area contributed by atoms with Crippen molar-refractivity contribution in [2.45, 2.75) is 12.8 Å². The van der Waals surface area contributed by atoms with Crippen LogP contribution < -0.4 is 20.5 Å². The van der Waals surface area contributed by atoms with Crippen LogP contribution in [0.1, 0.15) is 23.2 Å². The third-order valence-corrected chi connectivity index (χ3v) is 5.20. The van der Waals surface area contributed by atoms with Gasteiger partial charge in [0.1, 0.15) is 12.3 Å². The zero-order valence-electron chi connectivity index (χ0n) is 19.8. The molecule has 1 aliphatic heterocycles. The Morgan fingerprint density at radius 3 is 2.65 bits per heavy atom. The summed E-state index contributed by atoms with van der Waals surface area (Å²) in [6.45, 7) is 10.3. The summed E-state index contributed by atoms with van der Waals surface area (Å²) in [5, 5.41) is 2.63. The third kappa shape index (κ3) is 7.22. The Morgan fingerprint density at radius 2 is 2.03 bits per heavy atom. The lowest BCUT2D eigenvalue weighted by atomic mass is 10.1. The zero-order chi connectivity index (χ0) is 24.9. The van der Waals surface area contributed by atoms with Gasteiger partial charge in [-0.25, -0.2) is 0 Å². The van der Waals surface area contributed by atoms with Gasteiger partial charge in [0.15, 0.2) is 11.5 Å². The van der Waals surface area contributed by atoms with Crippen LogP contribution in [0, 0.1) is 0 Å². The minimum atomic E-state index is -0.481. The Kier molecular flexibility index (Phi) is 10.9. The van der Waals surface area contributed by atoms with Crippen molar-refractivity contribution in [3.05, 3.63) is 29.5 Å². The summed E-state index contributed by atoms with van der Waals surface area (Å²) in [7, 11) is 3.03. The number of rotatable bonds is 13. The van der Waals surface area contributed by atoms with Crippen molar-refractivity contribution >= 4 is 37.2 Å². The van der Waals surface area contributed by atoms with E-state index in [0.717, 1.165) is 19.6 Å². The van der Waals surface area contributed by atoms with Crippen molar-refractivity contribution in [3.8, 4) is 11.5 Å². The third-order valence-electron chi connectivity index (χ3n) is 5.20. The van der Waals surface area contributed by atoms with Crippen LogP contribution in [0.3, 0.4) is 0 Å². The number of carbonyl (C=O) groups is 2. The van der Waals surface area contributed by atoms with Gasteiger partial charge in [0.25, 0.3) is 11.8 Å². The van der Waals surface area contributed by atoms with Gasteiger partial charge in [0.05, 0.1) is 31.6 Å². The highest BCUT2D eigenvalue weighted by Gasteiger charge is 2.22. The second kappa shape index (κ2) is 13.9. The lowest BCUT2D eigenvalue weighted by Crippen LogP contribution is -2.39. The molecule has 0 bridgehead atoms. The summed E-state index contributed by atoms with van der Waals surface area (Å²) < 4.78 is 11.4. The van der Waals surface area contributed by atoms with Crippen molar-refractivity contribution in [1.29, 1.82) is 0 Å². The Bertz CT molecular complexity index is 939. The standard InChI is InChI=1S/C23H33N7O4/c1-25-13-17(14-27-15-24)22(31)28-16-29(3)23(32)18-7-8-19(21(33-4)20(18)26-2)34-12-11-30-9-5-6-10-30/h7-8,13-14H,1-2,5-6,9-12,15-16,24H2,3-4H3,(H,28,31)/b17-13+,27-14?. The molecule has 2 amide bonds. The average Bonchev–Trinajstić information content (AvgIpc) is 3.37. The molecule has 34 heavy (non-hydrogen) atoms. The fraction of sp³-hybridized carbons (Fsp3) is 0.435. The molecule has 1 saturated heterocycles. The quantitative estimate of drug-likeness (QED) is 0.252. The zero-order valence-corrected chi connectivity index (χ0v) is 19.8. The molecule has 0 unspecified atom stereocenters. The Labute approximate surface area is 200 Å². The highest BCUT2D eigenvalue weighted by molar-refractivity contribution is 6.12. The molecule has 0 radical (unpaired) electrons. The molecule has 1 heterocycles. The summed E-state index contributed by atoms with van der Waals surface area (Å²) in [5.41, 5.74) is 6.03. The molecule has 1 fully saturated rings. The molecule has 1 aromatic rings. The Hall–Kier alpha value is -3.57. The van der Waals surface area contributed by atoms with Crippen LogP contribution >= 0.6 is 0 Å². The number of aliphatic imine (C=N–C) groups is 3. The van der Waals surface area contributed by atoms with E-state index in [1.807, 2.05) is 0 Å². The first-order chi connectivity index (χ1) is 16.5. The van der Waals surface area contributed by atoms with E-state index in [1.54, 1.807) is 19.2 Å². The highest BCUT2D eigenvalue weighted by atomic mass is 16.5. The normalized spacial score (nSPS) is 14.1. The van der Waals surface area contributed by atoms with Gasteiger partial charge < -0.3 is 25.4 Å². The summed E-state index contributed by atoms with van der Waals surface area (Å²) in [4.78, 5) is 40.5. The Balaban J connectivity index is 2.08. The number of nitrogens with one attached hydrogen (secondary N) is 1. The first-order valence-electron chi connectivity index (χ1n) is 10.9. The summed E-state index contributed by atoms with van der Waals surface area (Å²) >= 11 is 0. The van der Waals surface area contributed by atoms with E-state index >= 15 is 0 Å². The molecule has 2 rings (SSSR count). The monoisotopic (exact) mass is 471 g/mol. The van der Waals surface area contributed by atoms with Gasteiger partial charge in [-0.15, -0.1) is 0 Å². The van der Waals surface area contributed by atoms with E-state index in [1.165, 1.54) is 37.3 Å². The van der Waals surface area contributed by atoms with Gasteiger partial charge in [0, 0.05) is 26.0 Å². The number of methoxy groups -OCH3 is 1. The molecule has 1 aromatic carbocycles. The summed E-state index contributed by atoms with van der Waals surface area (Å²) in [6.07, 6.45) is 4.97. The molecule has 11 heteroatoms. The number of benzene rings is 1. The van der Waals surface area contributed by atoms with E-state index in [4.69, 9.17) is 15.2 Å². The van der Waals surface area contributed by atoms with Crippen molar-refractivity contribution < 1.29 is 19.1 Å². The van der Waals surface area contributed by atoms with Crippen LogP contribution in [0.15, 0.2) is 38.9 Å². The number of nitrogens with zero attached hydrogens (tertiary/aromatic N) is 5. The van der Waals surface area contributed by atoms with Gasteiger partial charge in [0.2, 0.25) is 0 Å². The van der Waals surface area contributed by atoms with Crippen molar-refractivity contribution in [2.75, 3.05) is 53.7 Å². The van der Waals surface area contributed by atoms with E-state index in [2.05, 4.69) is 38.6 Å². The molecule has 0 saturated carbocycles. The number of amides is 2. The van der Waals surface area contributed by atoms with Crippen molar-refractivity contribution in [3.63, 3.8) is 0 Å². The average molecular weight is 472 g/mol. The van der Waals surface area contributed by atoms with Crippen LogP contribution in [-0.2, 0) is 4.79 Å². The molecular formula is C23H33N7O4. The minimum absolute atomic E-state index is 0.0251. The number of ether oxygens (including phenoxy) is 2. The molecule has 0 aromatic heterocycles. The van der Waals surface area contributed by atoms with Crippen LogP contribution in [0.2, 0.25) is 0 Å². The molecule has 184 valence electrons. The molecule has 3 N–H and O–H groups in total. The molecule has 11 nitrogen and oxygen atoms in total. The topological polar surface area (TPSA) is 134 Å². The molecule has 0 spiro atoms. The molecule has 0 atom stereocenters. The fourth-order valence-corrected chi connectivity index (χ4v) is 3.45. The highest BCUT2D eigenvalue weighted by Crippen LogP contribution is 2.40. The maximum absolute atomic E-state index is 13.1. The van der Waals surface area contributed by atoms with Gasteiger partial charge in [-0.3, -0.25) is 29.5 Å². The molecule has 0 aliphatic carbocycles. The number of hydrogen-bond acceptors (Lipinski definition) is 9. The van der Waals surface area contributed by atoms with Crippen LogP contribution in [0.5, 0.6) is 11.5 Å². The van der Waals surface area contributed by atoms with E-state index in [0.29, 0.717) is 18.1 Å². The van der Waals surface area contributed by atoms with Crippen LogP contribution in [-0.4, -0.2) is 95.0 Å². The van der Waals surface area contributed by atoms with Gasteiger partial charge in [-0.1, -0.05) is 0 Å². The van der Waals surface area contributed by atoms with Crippen LogP contribution in [0.25, 0.3) is 0 Å². The van der Waals surface area contributed by atoms with E-state index in [9.17, 15) is 9.59 Å². The van der Waals surface area contributed by atoms with Gasteiger partial charge in [-0.05, 0) is 51.5 Å². The largest absolute Gasteiger partial charge is 0.491 e. The second-order valence-electron chi connectivity index (χ2n) is 7.48. The predicted octanol–water partition coefficient (Wildman–Crippen LogP) is 1.22. The minimum Gasteiger partial charge on any atom is -0.491 e. The first kappa shape index (κ1) is 26.7. The smallest absolute Gasteiger partial charge is 0.257 e. The van der Waals surface area contributed by atoms with E-state index < -0.39 is 5.91 Å². The maximum Gasteiger partial charge on any atom is 0.257 e. The lowest BCUT2D eigenvalue weighted by Gasteiger charge is -2.21. The number of hydrogen-bond donors (Lipinski definition) is 2. The summed E-state index contributed by atoms with van der Waals surface area (Å²) in [6, 6.07) is 3.29. The van der Waals surface area contributed by atoms with Gasteiger partial charge >= 0.3 is 0 Å². The number of likely N-dealkylation sites (tertiary alicyclic amines) is 1. The van der Waals surface area contributed by atoms with Gasteiger partial charge in [-0.2, -0.15) is 0 Å². The van der Waals surface area contributed by atoms with Crippen molar-refractivity contribution in [1.82, 2.24) is 15.1 Å². The van der Waals surface area contributed by atoms with Crippen LogP contribution in [0.4, 0.5) is 5.69 Å². The Morgan fingerprint density at radius 1 is 1.29 bits per heavy atom. The number of carbonyl (C=O) groups excluding carboxylic acids is 2. The number of nitrogens with two attached hydrogens (primary N) is 1. The maximum atomic E-state index is 13.1. The first-order valence-corrected chi connectivity index (χ1v) is 10.9. The molecular weight excluding hydrogens is 438 g/mol. The SMILES string of the molecule is C=N/C=C(\C=NCN)C(=O)NCN(C)C(=O)c1ccc(OCCN2CCCC2)c(OC)c1N=C. The van der Waals surface area contributed by atoms with E-state index in [-0.39, 0.29) is 36.1 Å². The van der Waals surface area contributed by atoms with Crippen molar-refractivity contribution in [2.24, 2.45) is 20.7 Å². The summed E-state index contributed by atoms with van der Waals surface area (Å²) in [5.74, 6) is -0.0410.